The van der Waals surface area contributed by atoms with E-state index in [0.29, 0.717) is 0 Å². The molecule has 2 aliphatic heterocycles. The highest BCUT2D eigenvalue weighted by Gasteiger charge is 2.29. The summed E-state index contributed by atoms with van der Waals surface area (Å²) < 4.78 is 0. The van der Waals surface area contributed by atoms with Crippen LogP contribution in [0, 0.1) is 0 Å². The number of likely N-dealkylation sites (N-methyl/N-ethyl adjacent to an activating group) is 1. The Balaban J connectivity index is 1.96. The summed E-state index contributed by atoms with van der Waals surface area (Å²) in [6.07, 6.45) is 5.83. The van der Waals surface area contributed by atoms with Crippen LogP contribution in [0.3, 0.4) is 0 Å². The Labute approximate surface area is 108 Å². The van der Waals surface area contributed by atoms with Gasteiger partial charge in [-0.25, -0.2) is 0 Å². The number of fused-ring (bicyclic) bond motifs is 1. The molecule has 0 radical (unpaired) electrons. The summed E-state index contributed by atoms with van der Waals surface area (Å²) in [4.78, 5) is 16.3. The molecular weight excluding hydrogens is 224 g/mol. The third kappa shape index (κ3) is 1.80. The summed E-state index contributed by atoms with van der Waals surface area (Å²) in [5, 5.41) is 0. The van der Waals surface area contributed by atoms with Gasteiger partial charge in [-0.15, -0.1) is 0 Å². The number of carbonyl (C=O) groups excluding carboxylic acids is 1. The normalized spacial score (nSPS) is 21.6. The zero-order chi connectivity index (χ0) is 12.5. The van der Waals surface area contributed by atoms with E-state index < -0.39 is 0 Å². The lowest BCUT2D eigenvalue weighted by molar-refractivity contribution is -0.112. The summed E-state index contributed by atoms with van der Waals surface area (Å²) in [7, 11) is 1.85. The van der Waals surface area contributed by atoms with Crippen LogP contribution >= 0.6 is 0 Å². The minimum Gasteiger partial charge on any atom is -0.377 e. The summed E-state index contributed by atoms with van der Waals surface area (Å²) in [5.41, 5.74) is 2.93. The Morgan fingerprint density at radius 1 is 1.11 bits per heavy atom. The summed E-state index contributed by atoms with van der Waals surface area (Å²) in [5.74, 6) is 0.113. The number of nitrogens with zero attached hydrogens (tertiary/aromatic N) is 2. The Bertz CT molecular complexity index is 501. The maximum absolute atomic E-state index is 12.3. The van der Waals surface area contributed by atoms with Crippen LogP contribution in [0.5, 0.6) is 0 Å². The van der Waals surface area contributed by atoms with Crippen molar-refractivity contribution in [1.29, 1.82) is 0 Å². The van der Waals surface area contributed by atoms with Gasteiger partial charge in [0.2, 0.25) is 0 Å². The van der Waals surface area contributed by atoms with Crippen molar-refractivity contribution in [3.05, 3.63) is 36.0 Å². The highest BCUT2D eigenvalue weighted by Crippen LogP contribution is 2.35. The van der Waals surface area contributed by atoms with Gasteiger partial charge in [0.05, 0.1) is 11.3 Å². The minimum absolute atomic E-state index is 0.113. The van der Waals surface area contributed by atoms with Crippen molar-refractivity contribution >= 4 is 17.2 Å². The number of benzene rings is 1. The van der Waals surface area contributed by atoms with Gasteiger partial charge in [0.25, 0.3) is 5.91 Å². The van der Waals surface area contributed by atoms with Gasteiger partial charge in [-0.1, -0.05) is 18.2 Å². The van der Waals surface area contributed by atoms with Crippen LogP contribution in [0.1, 0.15) is 24.8 Å². The third-order valence-corrected chi connectivity index (χ3v) is 3.79. The molecule has 0 bridgehead atoms. The molecule has 18 heavy (non-hydrogen) atoms. The molecule has 0 saturated carbocycles. The number of piperidine rings is 1. The monoisotopic (exact) mass is 242 g/mol. The number of hydrogen-bond acceptors (Lipinski definition) is 2. The van der Waals surface area contributed by atoms with Crippen LogP contribution in [-0.4, -0.2) is 30.9 Å². The third-order valence-electron chi connectivity index (χ3n) is 3.79. The number of hydrogen-bond donors (Lipinski definition) is 0. The Hall–Kier alpha value is -1.77. The van der Waals surface area contributed by atoms with Crippen LogP contribution in [-0.2, 0) is 4.79 Å². The maximum Gasteiger partial charge on any atom is 0.260 e. The first-order valence-electron chi connectivity index (χ1n) is 6.61. The second-order valence-corrected chi connectivity index (χ2v) is 5.02. The molecule has 2 aliphatic rings. The molecule has 1 amide bonds. The molecule has 1 aromatic rings. The Morgan fingerprint density at radius 3 is 2.61 bits per heavy atom. The van der Waals surface area contributed by atoms with E-state index in [-0.39, 0.29) is 5.91 Å². The maximum atomic E-state index is 12.3. The fourth-order valence-electron chi connectivity index (χ4n) is 2.75. The molecule has 0 atom stereocenters. The van der Waals surface area contributed by atoms with Crippen LogP contribution in [0.4, 0.5) is 5.69 Å². The van der Waals surface area contributed by atoms with E-state index in [1.165, 1.54) is 19.3 Å². The highest BCUT2D eigenvalue weighted by atomic mass is 16.2. The van der Waals surface area contributed by atoms with Gasteiger partial charge in [0.1, 0.15) is 0 Å². The van der Waals surface area contributed by atoms with Crippen molar-refractivity contribution in [3.63, 3.8) is 0 Å². The van der Waals surface area contributed by atoms with E-state index >= 15 is 0 Å². The standard InChI is InChI=1S/C15H18N2O/c1-16-14-8-4-3-7-12(14)13(15(16)18)11-17-9-5-2-6-10-17/h3-4,7-8,11H,2,5-6,9-10H2,1H3/b13-11-. The second kappa shape index (κ2) is 4.48. The fourth-order valence-corrected chi connectivity index (χ4v) is 2.75. The van der Waals surface area contributed by atoms with E-state index in [1.807, 2.05) is 31.3 Å². The molecule has 0 spiro atoms. The molecule has 1 aromatic carbocycles. The van der Waals surface area contributed by atoms with Gasteiger partial charge in [-0.05, 0) is 25.3 Å². The van der Waals surface area contributed by atoms with Gasteiger partial charge in [-0.3, -0.25) is 4.79 Å². The molecule has 3 rings (SSSR count). The lowest BCUT2D eigenvalue weighted by atomic mass is 10.1. The molecule has 3 heteroatoms. The number of likely N-dealkylation sites (tertiary alicyclic amines) is 1. The zero-order valence-corrected chi connectivity index (χ0v) is 10.7. The van der Waals surface area contributed by atoms with Crippen molar-refractivity contribution in [2.75, 3.05) is 25.0 Å². The van der Waals surface area contributed by atoms with Crippen molar-refractivity contribution in [2.24, 2.45) is 0 Å². The Kier molecular flexibility index (Phi) is 2.82. The SMILES string of the molecule is CN1C(=O)/C(=C\N2CCCCC2)c2ccccc21. The largest absolute Gasteiger partial charge is 0.377 e. The van der Waals surface area contributed by atoms with Gasteiger partial charge in [-0.2, -0.15) is 0 Å². The van der Waals surface area contributed by atoms with E-state index in [2.05, 4.69) is 11.1 Å². The van der Waals surface area contributed by atoms with Crippen LogP contribution < -0.4 is 4.90 Å². The first-order valence-corrected chi connectivity index (χ1v) is 6.61. The van der Waals surface area contributed by atoms with E-state index in [4.69, 9.17) is 0 Å². The summed E-state index contributed by atoms with van der Waals surface area (Å²) in [6, 6.07) is 8.01. The van der Waals surface area contributed by atoms with Crippen LogP contribution in [0.2, 0.25) is 0 Å². The fraction of sp³-hybridized carbons (Fsp3) is 0.400. The van der Waals surface area contributed by atoms with Gasteiger partial charge in [0, 0.05) is 31.9 Å². The molecule has 0 aliphatic carbocycles. The molecule has 2 heterocycles. The van der Waals surface area contributed by atoms with Gasteiger partial charge < -0.3 is 9.80 Å². The first kappa shape index (κ1) is 11.3. The number of rotatable bonds is 1. The Morgan fingerprint density at radius 2 is 1.83 bits per heavy atom. The molecule has 0 N–H and O–H groups in total. The molecule has 0 aromatic heterocycles. The zero-order valence-electron chi connectivity index (χ0n) is 10.7. The predicted octanol–water partition coefficient (Wildman–Crippen LogP) is 2.49. The number of anilines is 1. The van der Waals surface area contributed by atoms with E-state index in [0.717, 1.165) is 29.9 Å². The first-order chi connectivity index (χ1) is 8.77. The predicted molar refractivity (Wildman–Crippen MR) is 73.3 cm³/mol. The lowest BCUT2D eigenvalue weighted by Crippen LogP contribution is -2.26. The second-order valence-electron chi connectivity index (χ2n) is 5.02. The summed E-state index contributed by atoms with van der Waals surface area (Å²) in [6.45, 7) is 2.14. The van der Waals surface area contributed by atoms with Crippen molar-refractivity contribution in [2.45, 2.75) is 19.3 Å². The minimum atomic E-state index is 0.113. The number of amides is 1. The van der Waals surface area contributed by atoms with Crippen molar-refractivity contribution < 1.29 is 4.79 Å². The van der Waals surface area contributed by atoms with Crippen molar-refractivity contribution in [3.8, 4) is 0 Å². The molecule has 1 fully saturated rings. The lowest BCUT2D eigenvalue weighted by Gasteiger charge is -2.25. The molecule has 94 valence electrons. The topological polar surface area (TPSA) is 23.6 Å². The van der Waals surface area contributed by atoms with E-state index in [1.54, 1.807) is 4.90 Å². The molecular formula is C15H18N2O. The molecule has 1 saturated heterocycles. The average molecular weight is 242 g/mol. The summed E-state index contributed by atoms with van der Waals surface area (Å²) >= 11 is 0. The highest BCUT2D eigenvalue weighted by molar-refractivity contribution is 6.32. The quantitative estimate of drug-likeness (QED) is 0.706. The molecule has 3 nitrogen and oxygen atoms in total. The van der Waals surface area contributed by atoms with E-state index in [9.17, 15) is 4.79 Å². The van der Waals surface area contributed by atoms with Crippen LogP contribution in [0.25, 0.3) is 5.57 Å². The van der Waals surface area contributed by atoms with Crippen LogP contribution in [0.15, 0.2) is 30.5 Å². The smallest absolute Gasteiger partial charge is 0.260 e. The van der Waals surface area contributed by atoms with Gasteiger partial charge in [0.15, 0.2) is 0 Å². The van der Waals surface area contributed by atoms with Crippen molar-refractivity contribution in [1.82, 2.24) is 4.90 Å². The molecule has 0 unspecified atom stereocenters. The number of para-hydroxylation sites is 1. The number of carbonyl (C=O) groups is 1. The average Bonchev–Trinajstić information content (AvgIpc) is 2.66. The van der Waals surface area contributed by atoms with Gasteiger partial charge >= 0.3 is 0 Å².